The topological polar surface area (TPSA) is 70.2 Å². The van der Waals surface area contributed by atoms with Crippen LogP contribution >= 0.6 is 11.3 Å². The maximum absolute atomic E-state index is 12.3. The van der Waals surface area contributed by atoms with Gasteiger partial charge in [-0.1, -0.05) is 36.4 Å². The average molecular weight is 448 g/mol. The molecular formula is C25H29N5OS. The van der Waals surface area contributed by atoms with Gasteiger partial charge in [-0.05, 0) is 55.3 Å². The third-order valence-electron chi connectivity index (χ3n) is 6.68. The summed E-state index contributed by atoms with van der Waals surface area (Å²) in [6, 6.07) is 16.7. The molecule has 0 saturated carbocycles. The Balaban J connectivity index is 1.18. The minimum absolute atomic E-state index is 0.0972. The Labute approximate surface area is 193 Å². The minimum atomic E-state index is -0.0972. The fourth-order valence-electron chi connectivity index (χ4n) is 5.07. The van der Waals surface area contributed by atoms with Crippen LogP contribution in [0.15, 0.2) is 53.9 Å². The molecule has 0 aliphatic carbocycles. The summed E-state index contributed by atoms with van der Waals surface area (Å²) in [4.78, 5) is 25.5. The summed E-state index contributed by atoms with van der Waals surface area (Å²) in [7, 11) is 0. The lowest BCUT2D eigenvalue weighted by Crippen LogP contribution is -2.56. The van der Waals surface area contributed by atoms with E-state index in [1.54, 1.807) is 11.3 Å². The van der Waals surface area contributed by atoms with Gasteiger partial charge in [0.05, 0.1) is 10.6 Å². The second-order valence-corrected chi connectivity index (χ2v) is 9.74. The minimum Gasteiger partial charge on any atom is -0.337 e. The number of thiophene rings is 1. The molecule has 3 saturated heterocycles. The van der Waals surface area contributed by atoms with Crippen molar-refractivity contribution in [2.45, 2.75) is 38.3 Å². The maximum atomic E-state index is 12.3. The first-order chi connectivity index (χ1) is 15.7. The van der Waals surface area contributed by atoms with Crippen molar-refractivity contribution >= 4 is 17.4 Å². The highest BCUT2D eigenvalue weighted by Gasteiger charge is 2.41. The van der Waals surface area contributed by atoms with Crippen molar-refractivity contribution in [3.63, 3.8) is 0 Å². The fourth-order valence-corrected chi connectivity index (χ4v) is 5.75. The van der Waals surface area contributed by atoms with Crippen molar-refractivity contribution in [2.24, 2.45) is 5.92 Å². The molecule has 6 nitrogen and oxygen atoms in total. The van der Waals surface area contributed by atoms with Crippen LogP contribution in [0, 0.1) is 12.8 Å². The van der Waals surface area contributed by atoms with Crippen LogP contribution in [0.3, 0.4) is 0 Å². The van der Waals surface area contributed by atoms with Crippen molar-refractivity contribution in [1.82, 2.24) is 25.5 Å². The fraction of sp³-hybridized carbons (Fsp3) is 0.400. The van der Waals surface area contributed by atoms with Crippen LogP contribution in [0.5, 0.6) is 0 Å². The maximum Gasteiger partial charge on any atom is 0.315 e. The van der Waals surface area contributed by atoms with Gasteiger partial charge in [0.2, 0.25) is 0 Å². The third-order valence-corrected chi connectivity index (χ3v) is 7.58. The Morgan fingerprint density at radius 1 is 1.16 bits per heavy atom. The van der Waals surface area contributed by atoms with E-state index in [1.807, 2.05) is 37.3 Å². The van der Waals surface area contributed by atoms with E-state index in [2.05, 4.69) is 44.1 Å². The Morgan fingerprint density at radius 2 is 2.03 bits per heavy atom. The highest BCUT2D eigenvalue weighted by Crippen LogP contribution is 2.41. The van der Waals surface area contributed by atoms with Crippen molar-refractivity contribution < 1.29 is 4.79 Å². The lowest BCUT2D eigenvalue weighted by molar-refractivity contribution is 0.0305. The number of urea groups is 1. The van der Waals surface area contributed by atoms with E-state index < -0.39 is 0 Å². The van der Waals surface area contributed by atoms with Gasteiger partial charge in [-0.25, -0.2) is 14.8 Å². The molecular weight excluding hydrogens is 418 g/mol. The van der Waals surface area contributed by atoms with Crippen LogP contribution in [0.25, 0.3) is 10.6 Å². The number of amides is 2. The SMILES string of the molecule is Cc1nc(-c2cccs2)cc(C2CN3CCC2CC3CNC(=O)NCc2ccccc2)n1. The summed E-state index contributed by atoms with van der Waals surface area (Å²) in [5, 5.41) is 8.13. The molecule has 3 aliphatic rings. The summed E-state index contributed by atoms with van der Waals surface area (Å²) >= 11 is 1.72. The smallest absolute Gasteiger partial charge is 0.315 e. The van der Waals surface area contributed by atoms with E-state index in [1.165, 1.54) is 17.0 Å². The van der Waals surface area contributed by atoms with Gasteiger partial charge in [0.15, 0.2) is 0 Å². The van der Waals surface area contributed by atoms with E-state index in [4.69, 9.17) is 4.98 Å². The number of nitrogens with one attached hydrogen (secondary N) is 2. The number of aromatic nitrogens is 2. The molecule has 2 aromatic heterocycles. The summed E-state index contributed by atoms with van der Waals surface area (Å²) < 4.78 is 0. The number of hydrogen-bond donors (Lipinski definition) is 2. The molecule has 2 bridgehead atoms. The van der Waals surface area contributed by atoms with Crippen molar-refractivity contribution in [3.05, 3.63) is 71.0 Å². The van der Waals surface area contributed by atoms with E-state index in [0.29, 0.717) is 31.0 Å². The van der Waals surface area contributed by atoms with Gasteiger partial charge in [-0.15, -0.1) is 11.3 Å². The predicted molar refractivity (Wildman–Crippen MR) is 128 cm³/mol. The normalized spacial score (nSPS) is 24.3. The number of carbonyl (C=O) groups excluding carboxylic acids is 1. The van der Waals surface area contributed by atoms with Crippen LogP contribution in [-0.2, 0) is 6.54 Å². The van der Waals surface area contributed by atoms with E-state index in [9.17, 15) is 4.79 Å². The Morgan fingerprint density at radius 3 is 2.78 bits per heavy atom. The van der Waals surface area contributed by atoms with Gasteiger partial charge >= 0.3 is 6.03 Å². The molecule has 4 atom stereocenters. The Kier molecular flexibility index (Phi) is 6.19. The van der Waals surface area contributed by atoms with Gasteiger partial charge in [0.25, 0.3) is 0 Å². The first-order valence-electron chi connectivity index (χ1n) is 11.3. The number of carbonyl (C=O) groups is 1. The van der Waals surface area contributed by atoms with Crippen LogP contribution in [0.1, 0.15) is 35.8 Å². The Hall–Kier alpha value is -2.77. The second kappa shape index (κ2) is 9.38. The molecule has 166 valence electrons. The van der Waals surface area contributed by atoms with Crippen LogP contribution in [0.4, 0.5) is 4.79 Å². The van der Waals surface area contributed by atoms with Gasteiger partial charge < -0.3 is 10.6 Å². The number of hydrogen-bond acceptors (Lipinski definition) is 5. The zero-order valence-corrected chi connectivity index (χ0v) is 19.1. The molecule has 32 heavy (non-hydrogen) atoms. The molecule has 4 unspecified atom stereocenters. The summed E-state index contributed by atoms with van der Waals surface area (Å²) in [5.41, 5.74) is 3.31. The van der Waals surface area contributed by atoms with Gasteiger partial charge in [-0.3, -0.25) is 4.90 Å². The molecule has 7 heteroatoms. The predicted octanol–water partition coefficient (Wildman–Crippen LogP) is 4.19. The van der Waals surface area contributed by atoms with Crippen molar-refractivity contribution in [1.29, 1.82) is 0 Å². The lowest BCUT2D eigenvalue weighted by Gasteiger charge is -2.49. The number of benzene rings is 1. The molecule has 6 rings (SSSR count). The van der Waals surface area contributed by atoms with Crippen LogP contribution in [-0.4, -0.2) is 46.6 Å². The molecule has 2 amide bonds. The van der Waals surface area contributed by atoms with Crippen LogP contribution < -0.4 is 10.6 Å². The highest BCUT2D eigenvalue weighted by molar-refractivity contribution is 7.13. The number of piperidine rings is 3. The molecule has 0 spiro atoms. The zero-order valence-electron chi connectivity index (χ0n) is 18.3. The number of aryl methyl sites for hydroxylation is 1. The quantitative estimate of drug-likeness (QED) is 0.594. The molecule has 0 radical (unpaired) electrons. The summed E-state index contributed by atoms with van der Waals surface area (Å²) in [6.07, 6.45) is 2.29. The standard InChI is InChI=1S/C25H29N5OS/c1-17-28-22(13-23(29-17)24-8-5-11-32-24)21-16-30-10-9-19(21)12-20(30)15-27-25(31)26-14-18-6-3-2-4-7-18/h2-8,11,13,19-21H,9-10,12,14-16H2,1H3,(H2,26,27,31). The van der Waals surface area contributed by atoms with Gasteiger partial charge in [0.1, 0.15) is 5.82 Å². The highest BCUT2D eigenvalue weighted by atomic mass is 32.1. The molecule has 3 aromatic rings. The molecule has 3 fully saturated rings. The van der Waals surface area contributed by atoms with Gasteiger partial charge in [-0.2, -0.15) is 0 Å². The van der Waals surface area contributed by atoms with Crippen molar-refractivity contribution in [3.8, 4) is 10.6 Å². The molecule has 3 aliphatic heterocycles. The third kappa shape index (κ3) is 4.69. The monoisotopic (exact) mass is 447 g/mol. The number of fused-ring (bicyclic) bond motifs is 3. The first kappa shape index (κ1) is 21.1. The largest absolute Gasteiger partial charge is 0.337 e. The van der Waals surface area contributed by atoms with E-state index in [-0.39, 0.29) is 6.03 Å². The number of rotatable bonds is 6. The van der Waals surface area contributed by atoms with E-state index >= 15 is 0 Å². The summed E-state index contributed by atoms with van der Waals surface area (Å²) in [6.45, 7) is 5.32. The van der Waals surface area contributed by atoms with Crippen molar-refractivity contribution in [2.75, 3.05) is 19.6 Å². The van der Waals surface area contributed by atoms with E-state index in [0.717, 1.165) is 36.6 Å². The molecule has 1 aromatic carbocycles. The van der Waals surface area contributed by atoms with Crippen LogP contribution in [0.2, 0.25) is 0 Å². The zero-order chi connectivity index (χ0) is 21.9. The average Bonchev–Trinajstić information content (AvgIpc) is 3.37. The molecule has 2 N–H and O–H groups in total. The lowest BCUT2D eigenvalue weighted by atomic mass is 9.74. The summed E-state index contributed by atoms with van der Waals surface area (Å²) in [5.74, 6) is 1.88. The van der Waals surface area contributed by atoms with Gasteiger partial charge in [0, 0.05) is 37.3 Å². The first-order valence-corrected chi connectivity index (χ1v) is 12.2. The Bertz CT molecular complexity index is 1060. The number of nitrogens with zero attached hydrogens (tertiary/aromatic N) is 3. The second-order valence-electron chi connectivity index (χ2n) is 8.79. The molecule has 5 heterocycles.